The maximum Gasteiger partial charge on any atom is 0.243 e. The monoisotopic (exact) mass is 273 g/mol. The van der Waals surface area contributed by atoms with Crippen molar-refractivity contribution in [1.29, 1.82) is 0 Å². The minimum atomic E-state index is -0.264. The highest BCUT2D eigenvalue weighted by Crippen LogP contribution is 2.27. The first-order chi connectivity index (χ1) is 9.88. The van der Waals surface area contributed by atoms with Crippen LogP contribution in [-0.2, 0) is 4.74 Å². The number of aromatic nitrogens is 2. The van der Waals surface area contributed by atoms with Gasteiger partial charge in [0.1, 0.15) is 6.10 Å². The molecule has 5 heteroatoms. The summed E-state index contributed by atoms with van der Waals surface area (Å²) >= 11 is 0. The van der Waals surface area contributed by atoms with Gasteiger partial charge in [0.15, 0.2) is 0 Å². The Kier molecular flexibility index (Phi) is 4.08. The van der Waals surface area contributed by atoms with Crippen LogP contribution in [0.2, 0.25) is 0 Å². The lowest BCUT2D eigenvalue weighted by atomic mass is 10.1. The van der Waals surface area contributed by atoms with E-state index in [2.05, 4.69) is 15.5 Å². The fourth-order valence-electron chi connectivity index (χ4n) is 2.50. The van der Waals surface area contributed by atoms with E-state index in [1.165, 1.54) is 0 Å². The Morgan fingerprint density at radius 2 is 2.25 bits per heavy atom. The average Bonchev–Trinajstić information content (AvgIpc) is 3.16. The third-order valence-corrected chi connectivity index (χ3v) is 3.49. The van der Waals surface area contributed by atoms with E-state index in [1.807, 2.05) is 37.3 Å². The summed E-state index contributed by atoms with van der Waals surface area (Å²) in [7, 11) is 0. The fraction of sp³-hybridized carbons (Fsp3) is 0.467. The van der Waals surface area contributed by atoms with Crippen LogP contribution in [0.1, 0.15) is 49.2 Å². The largest absolute Gasteiger partial charge is 0.366 e. The van der Waals surface area contributed by atoms with E-state index in [4.69, 9.17) is 9.26 Å². The average molecular weight is 273 g/mol. The zero-order chi connectivity index (χ0) is 13.8. The van der Waals surface area contributed by atoms with Crippen molar-refractivity contribution in [3.63, 3.8) is 0 Å². The Bertz CT molecular complexity index is 535. The van der Waals surface area contributed by atoms with Crippen molar-refractivity contribution in [3.8, 4) is 0 Å². The van der Waals surface area contributed by atoms with Gasteiger partial charge >= 0.3 is 0 Å². The highest BCUT2D eigenvalue weighted by molar-refractivity contribution is 5.22. The van der Waals surface area contributed by atoms with E-state index < -0.39 is 0 Å². The first kappa shape index (κ1) is 13.3. The standard InChI is InChI=1S/C15H19N3O2/c1-2-19-13(11-7-4-3-5-8-11)14-17-15(20-18-14)12-9-6-10-16-12/h3-5,7-8,12-13,16H,2,6,9-10H2,1H3/t12-,13?/m1/s1. The number of ether oxygens (including phenoxy) is 1. The van der Waals surface area contributed by atoms with Crippen molar-refractivity contribution in [2.45, 2.75) is 31.9 Å². The van der Waals surface area contributed by atoms with E-state index in [9.17, 15) is 0 Å². The number of nitrogens with one attached hydrogen (secondary N) is 1. The zero-order valence-electron chi connectivity index (χ0n) is 11.6. The lowest BCUT2D eigenvalue weighted by Gasteiger charge is -2.13. The molecular formula is C15H19N3O2. The summed E-state index contributed by atoms with van der Waals surface area (Å²) in [5, 5.41) is 7.46. The van der Waals surface area contributed by atoms with Crippen LogP contribution in [0.3, 0.4) is 0 Å². The second-order valence-electron chi connectivity index (χ2n) is 4.89. The van der Waals surface area contributed by atoms with E-state index in [0.29, 0.717) is 18.3 Å². The van der Waals surface area contributed by atoms with Crippen molar-refractivity contribution in [2.24, 2.45) is 0 Å². The van der Waals surface area contributed by atoms with Crippen molar-refractivity contribution < 1.29 is 9.26 Å². The van der Waals surface area contributed by atoms with Crippen molar-refractivity contribution in [1.82, 2.24) is 15.5 Å². The molecule has 2 aromatic rings. The van der Waals surface area contributed by atoms with Crippen LogP contribution in [0, 0.1) is 0 Å². The van der Waals surface area contributed by atoms with Gasteiger partial charge in [0, 0.05) is 6.61 Å². The van der Waals surface area contributed by atoms with Crippen LogP contribution < -0.4 is 5.32 Å². The zero-order valence-corrected chi connectivity index (χ0v) is 11.6. The molecule has 1 aromatic heterocycles. The molecule has 1 unspecified atom stereocenters. The van der Waals surface area contributed by atoms with Gasteiger partial charge in [0.2, 0.25) is 11.7 Å². The van der Waals surface area contributed by atoms with Gasteiger partial charge in [-0.15, -0.1) is 0 Å². The first-order valence-corrected chi connectivity index (χ1v) is 7.12. The van der Waals surface area contributed by atoms with E-state index in [-0.39, 0.29) is 12.1 Å². The molecule has 3 rings (SSSR count). The highest BCUT2D eigenvalue weighted by Gasteiger charge is 2.26. The van der Waals surface area contributed by atoms with Crippen LogP contribution in [0.25, 0.3) is 0 Å². The van der Waals surface area contributed by atoms with Crippen LogP contribution in [-0.4, -0.2) is 23.3 Å². The van der Waals surface area contributed by atoms with Crippen LogP contribution in [0.4, 0.5) is 0 Å². The molecule has 1 aromatic carbocycles. The Morgan fingerprint density at radius 1 is 1.40 bits per heavy atom. The lowest BCUT2D eigenvalue weighted by molar-refractivity contribution is 0.0833. The number of rotatable bonds is 5. The van der Waals surface area contributed by atoms with Gasteiger partial charge in [-0.05, 0) is 31.9 Å². The molecule has 0 radical (unpaired) electrons. The summed E-state index contributed by atoms with van der Waals surface area (Å²) < 4.78 is 11.2. The molecule has 0 spiro atoms. The summed E-state index contributed by atoms with van der Waals surface area (Å²) in [6, 6.07) is 10.2. The third-order valence-electron chi connectivity index (χ3n) is 3.49. The summed E-state index contributed by atoms with van der Waals surface area (Å²) in [4.78, 5) is 4.52. The Morgan fingerprint density at radius 3 is 2.95 bits per heavy atom. The van der Waals surface area contributed by atoms with Gasteiger partial charge in [-0.1, -0.05) is 35.5 Å². The molecule has 1 aliphatic heterocycles. The summed E-state index contributed by atoms with van der Waals surface area (Å²) in [5.74, 6) is 1.26. The SMILES string of the molecule is CCOC(c1ccccc1)c1noc([C@H]2CCCN2)n1. The molecule has 0 aliphatic carbocycles. The van der Waals surface area contributed by atoms with Gasteiger partial charge in [-0.25, -0.2) is 0 Å². The molecular weight excluding hydrogens is 254 g/mol. The topological polar surface area (TPSA) is 60.2 Å². The maximum absolute atomic E-state index is 5.78. The van der Waals surface area contributed by atoms with E-state index in [0.717, 1.165) is 24.9 Å². The molecule has 0 amide bonds. The molecule has 2 atom stereocenters. The van der Waals surface area contributed by atoms with E-state index >= 15 is 0 Å². The minimum absolute atomic E-state index is 0.189. The lowest BCUT2D eigenvalue weighted by Crippen LogP contribution is -2.13. The minimum Gasteiger partial charge on any atom is -0.366 e. The Hall–Kier alpha value is -1.72. The molecule has 2 heterocycles. The smallest absolute Gasteiger partial charge is 0.243 e. The first-order valence-electron chi connectivity index (χ1n) is 7.12. The van der Waals surface area contributed by atoms with Gasteiger partial charge in [0.25, 0.3) is 0 Å². The second kappa shape index (κ2) is 6.15. The molecule has 0 saturated carbocycles. The summed E-state index contributed by atoms with van der Waals surface area (Å²) in [6.45, 7) is 3.58. The predicted octanol–water partition coefficient (Wildman–Crippen LogP) is 2.62. The molecule has 0 bridgehead atoms. The number of hydrogen-bond donors (Lipinski definition) is 1. The van der Waals surface area contributed by atoms with Crippen LogP contribution in [0.5, 0.6) is 0 Å². The second-order valence-corrected chi connectivity index (χ2v) is 4.89. The number of nitrogens with zero attached hydrogens (tertiary/aromatic N) is 2. The molecule has 20 heavy (non-hydrogen) atoms. The van der Waals surface area contributed by atoms with Gasteiger partial charge in [0.05, 0.1) is 6.04 Å². The van der Waals surface area contributed by atoms with Crippen molar-refractivity contribution >= 4 is 0 Å². The third kappa shape index (κ3) is 2.73. The quantitative estimate of drug-likeness (QED) is 0.907. The highest BCUT2D eigenvalue weighted by atomic mass is 16.5. The molecule has 1 saturated heterocycles. The van der Waals surface area contributed by atoms with Crippen molar-refractivity contribution in [3.05, 3.63) is 47.6 Å². The summed E-state index contributed by atoms with van der Waals surface area (Å²) in [6.07, 6.45) is 1.93. The predicted molar refractivity (Wildman–Crippen MR) is 74.2 cm³/mol. The van der Waals surface area contributed by atoms with Crippen LogP contribution in [0.15, 0.2) is 34.9 Å². The molecule has 1 N–H and O–H groups in total. The molecule has 1 fully saturated rings. The molecule has 1 aliphatic rings. The van der Waals surface area contributed by atoms with E-state index in [1.54, 1.807) is 0 Å². The normalized spacial score (nSPS) is 20.1. The molecule has 5 nitrogen and oxygen atoms in total. The Balaban J connectivity index is 1.84. The maximum atomic E-state index is 5.78. The Labute approximate surface area is 118 Å². The van der Waals surface area contributed by atoms with Crippen molar-refractivity contribution in [2.75, 3.05) is 13.2 Å². The summed E-state index contributed by atoms with van der Waals surface area (Å²) in [5.41, 5.74) is 1.04. The number of hydrogen-bond acceptors (Lipinski definition) is 5. The number of benzene rings is 1. The van der Waals surface area contributed by atoms with Gasteiger partial charge in [-0.2, -0.15) is 4.98 Å². The molecule has 106 valence electrons. The van der Waals surface area contributed by atoms with Crippen LogP contribution >= 0.6 is 0 Å². The van der Waals surface area contributed by atoms with Gasteiger partial charge < -0.3 is 14.6 Å². The van der Waals surface area contributed by atoms with Gasteiger partial charge in [-0.3, -0.25) is 0 Å². The fourth-order valence-corrected chi connectivity index (χ4v) is 2.50.